The molecule has 19 heavy (non-hydrogen) atoms. The Morgan fingerprint density at radius 3 is 2.37 bits per heavy atom. The predicted molar refractivity (Wildman–Crippen MR) is 85.7 cm³/mol. The molecule has 4 unspecified atom stereocenters. The van der Waals surface area contributed by atoms with Gasteiger partial charge in [-0.15, -0.1) is 0 Å². The molecule has 1 N–H and O–H groups in total. The second-order valence-corrected chi connectivity index (χ2v) is 9.94. The number of fused-ring (bicyclic) bond motifs is 2. The summed E-state index contributed by atoms with van der Waals surface area (Å²) in [4.78, 5) is 0. The molecule has 3 rings (SSSR count). The van der Waals surface area contributed by atoms with E-state index < -0.39 is 0 Å². The Morgan fingerprint density at radius 2 is 1.84 bits per heavy atom. The number of hydrogen-bond donors (Lipinski definition) is 1. The number of nitrogens with one attached hydrogen (secondary N) is 1. The van der Waals surface area contributed by atoms with Crippen LogP contribution < -0.4 is 5.32 Å². The van der Waals surface area contributed by atoms with Crippen molar-refractivity contribution >= 4 is 11.8 Å². The standard InChI is InChI=1S/C17H31NS/c1-15(2)9-13(10-19-11-15)18-14-8-12-6-7-17(14,5)16(12,3)4/h12-14,18H,6-11H2,1-5H3. The molecule has 1 heterocycles. The third kappa shape index (κ3) is 2.18. The van der Waals surface area contributed by atoms with Crippen LogP contribution in [0, 0.1) is 22.2 Å². The Kier molecular flexibility index (Phi) is 3.30. The summed E-state index contributed by atoms with van der Waals surface area (Å²) in [7, 11) is 0. The van der Waals surface area contributed by atoms with Crippen molar-refractivity contribution in [2.45, 2.75) is 72.4 Å². The van der Waals surface area contributed by atoms with E-state index >= 15 is 0 Å². The van der Waals surface area contributed by atoms with E-state index in [9.17, 15) is 0 Å². The van der Waals surface area contributed by atoms with Gasteiger partial charge in [-0.3, -0.25) is 0 Å². The lowest BCUT2D eigenvalue weighted by Gasteiger charge is -2.43. The molecule has 2 heteroatoms. The number of thioether (sulfide) groups is 1. The third-order valence-corrected chi connectivity index (χ3v) is 8.47. The lowest BCUT2D eigenvalue weighted by Crippen LogP contribution is -2.51. The van der Waals surface area contributed by atoms with Gasteiger partial charge in [0.25, 0.3) is 0 Å². The van der Waals surface area contributed by atoms with Crippen LogP contribution in [0.1, 0.15) is 60.3 Å². The van der Waals surface area contributed by atoms with Crippen LogP contribution in [0.2, 0.25) is 0 Å². The molecule has 0 aromatic rings. The van der Waals surface area contributed by atoms with Gasteiger partial charge in [0, 0.05) is 17.8 Å². The SMILES string of the molecule is CC1(C)CSCC(NC2CC3CCC2(C)C3(C)C)C1. The summed E-state index contributed by atoms with van der Waals surface area (Å²) >= 11 is 2.15. The van der Waals surface area contributed by atoms with Crippen LogP contribution in [0.5, 0.6) is 0 Å². The van der Waals surface area contributed by atoms with E-state index in [2.05, 4.69) is 51.7 Å². The van der Waals surface area contributed by atoms with E-state index in [0.717, 1.165) is 18.0 Å². The molecule has 4 atom stereocenters. The van der Waals surface area contributed by atoms with Gasteiger partial charge in [0.15, 0.2) is 0 Å². The number of rotatable bonds is 2. The van der Waals surface area contributed by atoms with Crippen LogP contribution in [-0.2, 0) is 0 Å². The summed E-state index contributed by atoms with van der Waals surface area (Å²) in [6, 6.07) is 1.51. The Bertz CT molecular complexity index is 362. The minimum atomic E-state index is 0.522. The summed E-state index contributed by atoms with van der Waals surface area (Å²) in [6.45, 7) is 12.5. The van der Waals surface area contributed by atoms with Gasteiger partial charge in [-0.25, -0.2) is 0 Å². The van der Waals surface area contributed by atoms with Gasteiger partial charge in [-0.1, -0.05) is 34.6 Å². The van der Waals surface area contributed by atoms with Crippen molar-refractivity contribution in [3.05, 3.63) is 0 Å². The summed E-state index contributed by atoms with van der Waals surface area (Å²) in [6.07, 6.45) is 5.68. The van der Waals surface area contributed by atoms with Crippen LogP contribution in [0.15, 0.2) is 0 Å². The van der Waals surface area contributed by atoms with E-state index in [4.69, 9.17) is 0 Å². The van der Waals surface area contributed by atoms with Gasteiger partial charge in [0.1, 0.15) is 0 Å². The predicted octanol–water partition coefficient (Wildman–Crippen LogP) is 4.32. The third-order valence-electron chi connectivity index (χ3n) is 6.84. The van der Waals surface area contributed by atoms with E-state index in [1.54, 1.807) is 0 Å². The Balaban J connectivity index is 1.69. The fraction of sp³-hybridized carbons (Fsp3) is 1.00. The highest BCUT2D eigenvalue weighted by atomic mass is 32.2. The van der Waals surface area contributed by atoms with Crippen molar-refractivity contribution in [3.63, 3.8) is 0 Å². The molecule has 3 aliphatic rings. The highest BCUT2D eigenvalue weighted by Crippen LogP contribution is 2.65. The summed E-state index contributed by atoms with van der Waals surface area (Å²) in [5, 5.41) is 4.08. The minimum absolute atomic E-state index is 0.522. The van der Waals surface area contributed by atoms with Crippen molar-refractivity contribution in [1.29, 1.82) is 0 Å². The van der Waals surface area contributed by atoms with Crippen LogP contribution in [0.25, 0.3) is 0 Å². The molecule has 2 saturated carbocycles. The van der Waals surface area contributed by atoms with Crippen molar-refractivity contribution in [2.75, 3.05) is 11.5 Å². The lowest BCUT2D eigenvalue weighted by molar-refractivity contribution is 0.112. The van der Waals surface area contributed by atoms with Gasteiger partial charge in [-0.2, -0.15) is 11.8 Å². The van der Waals surface area contributed by atoms with Crippen molar-refractivity contribution in [1.82, 2.24) is 5.32 Å². The highest BCUT2D eigenvalue weighted by molar-refractivity contribution is 7.99. The smallest absolute Gasteiger partial charge is 0.0166 e. The van der Waals surface area contributed by atoms with Gasteiger partial charge < -0.3 is 5.32 Å². The van der Waals surface area contributed by atoms with E-state index in [0.29, 0.717) is 16.2 Å². The minimum Gasteiger partial charge on any atom is -0.310 e. The summed E-state index contributed by atoms with van der Waals surface area (Å²) in [5.41, 5.74) is 1.60. The van der Waals surface area contributed by atoms with Crippen LogP contribution in [0.3, 0.4) is 0 Å². The summed E-state index contributed by atoms with van der Waals surface area (Å²) < 4.78 is 0. The molecule has 1 nitrogen and oxygen atoms in total. The van der Waals surface area contributed by atoms with Crippen LogP contribution in [0.4, 0.5) is 0 Å². The van der Waals surface area contributed by atoms with Crippen molar-refractivity contribution < 1.29 is 0 Å². The topological polar surface area (TPSA) is 12.0 Å². The zero-order chi connectivity index (χ0) is 13.9. The zero-order valence-electron chi connectivity index (χ0n) is 13.4. The van der Waals surface area contributed by atoms with Crippen molar-refractivity contribution in [3.8, 4) is 0 Å². The monoisotopic (exact) mass is 281 g/mol. The Morgan fingerprint density at radius 1 is 1.11 bits per heavy atom. The first-order chi connectivity index (χ1) is 8.75. The van der Waals surface area contributed by atoms with Gasteiger partial charge >= 0.3 is 0 Å². The van der Waals surface area contributed by atoms with E-state index in [1.807, 2.05) is 0 Å². The average molecular weight is 282 g/mol. The first-order valence-electron chi connectivity index (χ1n) is 8.08. The zero-order valence-corrected chi connectivity index (χ0v) is 14.2. The lowest BCUT2D eigenvalue weighted by atomic mass is 9.69. The second-order valence-electron chi connectivity index (χ2n) is 8.91. The molecule has 0 aromatic carbocycles. The van der Waals surface area contributed by atoms with E-state index in [-0.39, 0.29) is 0 Å². The molecule has 110 valence electrons. The van der Waals surface area contributed by atoms with E-state index in [1.165, 1.54) is 37.2 Å². The first kappa shape index (κ1) is 14.3. The molecule has 1 saturated heterocycles. The normalized spacial score (nSPS) is 47.5. The Hall–Kier alpha value is 0.310. The maximum atomic E-state index is 4.08. The van der Waals surface area contributed by atoms with Gasteiger partial charge in [-0.05, 0) is 53.6 Å². The average Bonchev–Trinajstić information content (AvgIpc) is 2.60. The molecule has 0 amide bonds. The van der Waals surface area contributed by atoms with Gasteiger partial charge in [0.2, 0.25) is 0 Å². The van der Waals surface area contributed by atoms with Crippen LogP contribution >= 0.6 is 11.8 Å². The first-order valence-corrected chi connectivity index (χ1v) is 9.24. The maximum Gasteiger partial charge on any atom is 0.0166 e. The highest BCUT2D eigenvalue weighted by Gasteiger charge is 2.61. The second kappa shape index (κ2) is 4.40. The van der Waals surface area contributed by atoms with Gasteiger partial charge in [0.05, 0.1) is 0 Å². The summed E-state index contributed by atoms with van der Waals surface area (Å²) in [5.74, 6) is 3.61. The molecule has 0 spiro atoms. The fourth-order valence-electron chi connectivity index (χ4n) is 5.11. The number of hydrogen-bond acceptors (Lipinski definition) is 2. The fourth-order valence-corrected chi connectivity index (χ4v) is 6.40. The van der Waals surface area contributed by atoms with Crippen LogP contribution in [-0.4, -0.2) is 23.6 Å². The molecule has 2 bridgehead atoms. The molecule has 0 radical (unpaired) electrons. The quantitative estimate of drug-likeness (QED) is 0.809. The van der Waals surface area contributed by atoms with Crippen molar-refractivity contribution in [2.24, 2.45) is 22.2 Å². The largest absolute Gasteiger partial charge is 0.310 e. The molecule has 1 aliphatic heterocycles. The maximum absolute atomic E-state index is 4.08. The molecule has 0 aromatic heterocycles. The molecule has 3 fully saturated rings. The molecule has 2 aliphatic carbocycles. The molecular weight excluding hydrogens is 250 g/mol. The molecular formula is C17H31NS. The Labute approximate surface area is 123 Å².